The number of carbonyl (C=O) groups is 2. The Morgan fingerprint density at radius 1 is 0.944 bits per heavy atom. The molecule has 5 nitrogen and oxygen atoms in total. The van der Waals surface area contributed by atoms with Crippen LogP contribution in [0.3, 0.4) is 0 Å². The summed E-state index contributed by atoms with van der Waals surface area (Å²) < 4.78 is 0. The fraction of sp³-hybridized carbons (Fsp3) is 0.167. The van der Waals surface area contributed by atoms with Gasteiger partial charge < -0.3 is 1.43 Å². The van der Waals surface area contributed by atoms with E-state index in [0.717, 1.165) is 11.1 Å². The molecular weight excluding hydrogens is 241 g/mol. The van der Waals surface area contributed by atoms with Crippen molar-refractivity contribution >= 4 is 11.6 Å². The normalized spacial score (nSPS) is 12.8. The maximum absolute atomic E-state index is 12.1. The van der Waals surface area contributed by atoms with E-state index in [2.05, 4.69) is 15.4 Å². The van der Waals surface area contributed by atoms with Crippen molar-refractivity contribution in [3.05, 3.63) is 45.8 Å². The molecule has 1 aromatic heterocycles. The zero-order valence-corrected chi connectivity index (χ0v) is 12.4. The minimum atomic E-state index is -0.244. The van der Waals surface area contributed by atoms with E-state index < -0.39 is 0 Å². The number of nitrogens with zero attached hydrogens (tertiary/aromatic N) is 2. The van der Waals surface area contributed by atoms with E-state index in [-0.39, 0.29) is 53.9 Å². The quantitative estimate of drug-likeness (QED) is 0.484. The zero-order chi connectivity index (χ0) is 12.2. The number of aromatic amines is 1. The standard InChI is InChI=1S/C12H9N3O2.Na.H/c1-5-3-7-8(4-6(5)2)12(17)10-9(11(7)16)13-15-14-10;;/h3-4H,1-2H3,(H,13,14,15);;/q;+1;-1. The molecular formula is C12H10N3NaO2. The molecule has 6 heteroatoms. The van der Waals surface area contributed by atoms with Crippen LogP contribution in [0.1, 0.15) is 44.7 Å². The molecule has 1 aliphatic rings. The van der Waals surface area contributed by atoms with Gasteiger partial charge in [-0.1, -0.05) is 0 Å². The fourth-order valence-corrected chi connectivity index (χ4v) is 1.99. The molecule has 0 unspecified atom stereocenters. The van der Waals surface area contributed by atoms with Crippen molar-refractivity contribution in [2.24, 2.45) is 0 Å². The van der Waals surface area contributed by atoms with Crippen molar-refractivity contribution in [1.82, 2.24) is 15.4 Å². The molecule has 86 valence electrons. The Hall–Kier alpha value is -1.30. The van der Waals surface area contributed by atoms with Crippen molar-refractivity contribution in [3.8, 4) is 0 Å². The Morgan fingerprint density at radius 2 is 1.33 bits per heavy atom. The van der Waals surface area contributed by atoms with E-state index in [4.69, 9.17) is 0 Å². The molecule has 1 aromatic carbocycles. The van der Waals surface area contributed by atoms with Gasteiger partial charge in [-0.2, -0.15) is 15.4 Å². The first-order chi connectivity index (χ1) is 8.09. The molecule has 0 saturated heterocycles. The van der Waals surface area contributed by atoms with E-state index in [1.54, 1.807) is 12.1 Å². The van der Waals surface area contributed by atoms with Gasteiger partial charge >= 0.3 is 29.6 Å². The van der Waals surface area contributed by atoms with Crippen LogP contribution in [0, 0.1) is 13.8 Å². The van der Waals surface area contributed by atoms with Crippen LogP contribution in [0.4, 0.5) is 0 Å². The minimum Gasteiger partial charge on any atom is -1.00 e. The largest absolute Gasteiger partial charge is 1.00 e. The average Bonchev–Trinajstić information content (AvgIpc) is 2.78. The molecule has 0 bridgehead atoms. The fourth-order valence-electron chi connectivity index (χ4n) is 1.99. The van der Waals surface area contributed by atoms with E-state index in [0.29, 0.717) is 11.1 Å². The summed E-state index contributed by atoms with van der Waals surface area (Å²) in [6.07, 6.45) is 0. The second-order valence-corrected chi connectivity index (χ2v) is 4.16. The van der Waals surface area contributed by atoms with Crippen LogP contribution < -0.4 is 29.6 Å². The first-order valence-corrected chi connectivity index (χ1v) is 5.21. The molecule has 1 N–H and O–H groups in total. The number of ketones is 2. The summed E-state index contributed by atoms with van der Waals surface area (Å²) in [7, 11) is 0. The number of benzene rings is 1. The van der Waals surface area contributed by atoms with Crippen molar-refractivity contribution in [2.45, 2.75) is 13.8 Å². The van der Waals surface area contributed by atoms with Crippen LogP contribution in [0.25, 0.3) is 0 Å². The van der Waals surface area contributed by atoms with Gasteiger partial charge in [0.25, 0.3) is 0 Å². The summed E-state index contributed by atoms with van der Waals surface area (Å²) in [6.45, 7) is 3.82. The third-order valence-electron chi connectivity index (χ3n) is 3.10. The van der Waals surface area contributed by atoms with E-state index >= 15 is 0 Å². The van der Waals surface area contributed by atoms with Gasteiger partial charge in [0.05, 0.1) is 0 Å². The summed E-state index contributed by atoms with van der Waals surface area (Å²) in [4.78, 5) is 24.2. The molecule has 0 radical (unpaired) electrons. The van der Waals surface area contributed by atoms with Gasteiger partial charge in [0, 0.05) is 11.1 Å². The predicted molar refractivity (Wildman–Crippen MR) is 60.3 cm³/mol. The maximum atomic E-state index is 12.1. The average molecular weight is 251 g/mol. The van der Waals surface area contributed by atoms with E-state index in [1.807, 2.05) is 13.8 Å². The third-order valence-corrected chi connectivity index (χ3v) is 3.10. The molecule has 0 fully saturated rings. The zero-order valence-electron chi connectivity index (χ0n) is 11.4. The van der Waals surface area contributed by atoms with Crippen LogP contribution in [0.5, 0.6) is 0 Å². The van der Waals surface area contributed by atoms with Gasteiger partial charge in [-0.3, -0.25) is 9.59 Å². The molecule has 2 aromatic rings. The number of hydrogen-bond donors (Lipinski definition) is 1. The van der Waals surface area contributed by atoms with E-state index in [1.165, 1.54) is 0 Å². The summed E-state index contributed by atoms with van der Waals surface area (Å²) in [5.74, 6) is -0.488. The molecule has 18 heavy (non-hydrogen) atoms. The first kappa shape index (κ1) is 13.1. The van der Waals surface area contributed by atoms with Gasteiger partial charge in [0.15, 0.2) is 11.4 Å². The number of aromatic nitrogens is 3. The van der Waals surface area contributed by atoms with Gasteiger partial charge in [0.2, 0.25) is 11.6 Å². The van der Waals surface area contributed by atoms with Gasteiger partial charge in [-0.05, 0) is 37.1 Å². The topological polar surface area (TPSA) is 75.7 Å². The van der Waals surface area contributed by atoms with Crippen molar-refractivity contribution < 1.29 is 40.6 Å². The van der Waals surface area contributed by atoms with Gasteiger partial charge in [-0.15, -0.1) is 0 Å². The monoisotopic (exact) mass is 251 g/mol. The van der Waals surface area contributed by atoms with Gasteiger partial charge in [0.1, 0.15) is 0 Å². The van der Waals surface area contributed by atoms with Crippen LogP contribution in [-0.2, 0) is 0 Å². The van der Waals surface area contributed by atoms with Crippen LogP contribution in [-0.4, -0.2) is 27.0 Å². The molecule has 1 aliphatic carbocycles. The van der Waals surface area contributed by atoms with Crippen LogP contribution >= 0.6 is 0 Å². The Labute approximate surface area is 127 Å². The molecule has 3 rings (SSSR count). The summed E-state index contributed by atoms with van der Waals surface area (Å²) in [5, 5.41) is 9.79. The SMILES string of the molecule is Cc1cc2c(cc1C)C(=O)c1n[nH]nc1C2=O.[H-].[Na+]. The van der Waals surface area contributed by atoms with Crippen LogP contribution in [0.2, 0.25) is 0 Å². The molecule has 0 saturated carbocycles. The summed E-state index contributed by atoms with van der Waals surface area (Å²) in [5.41, 5.74) is 3.03. The van der Waals surface area contributed by atoms with E-state index in [9.17, 15) is 9.59 Å². The molecule has 0 spiro atoms. The Kier molecular flexibility index (Phi) is 3.23. The predicted octanol–water partition coefficient (Wildman–Crippen LogP) is -1.69. The Morgan fingerprint density at radius 3 is 1.72 bits per heavy atom. The number of carbonyl (C=O) groups excluding carboxylic acids is 2. The second-order valence-electron chi connectivity index (χ2n) is 4.16. The number of hydrogen-bond acceptors (Lipinski definition) is 4. The molecule has 1 heterocycles. The molecule has 0 atom stereocenters. The Balaban J connectivity index is 0.000000902. The number of aryl methyl sites for hydroxylation is 2. The first-order valence-electron chi connectivity index (χ1n) is 5.21. The smallest absolute Gasteiger partial charge is 1.00 e. The van der Waals surface area contributed by atoms with Crippen LogP contribution in [0.15, 0.2) is 12.1 Å². The molecule has 0 amide bonds. The van der Waals surface area contributed by atoms with Crippen molar-refractivity contribution in [2.75, 3.05) is 0 Å². The van der Waals surface area contributed by atoms with Crippen molar-refractivity contribution in [1.29, 1.82) is 0 Å². The van der Waals surface area contributed by atoms with Crippen molar-refractivity contribution in [3.63, 3.8) is 0 Å². The molecule has 0 aliphatic heterocycles. The number of nitrogens with one attached hydrogen (secondary N) is 1. The summed E-state index contributed by atoms with van der Waals surface area (Å²) in [6, 6.07) is 3.48. The number of fused-ring (bicyclic) bond motifs is 2. The number of rotatable bonds is 0. The third kappa shape index (κ3) is 1.67. The Bertz CT molecular complexity index is 626. The maximum Gasteiger partial charge on any atom is 1.00 e. The minimum absolute atomic E-state index is 0. The summed E-state index contributed by atoms with van der Waals surface area (Å²) >= 11 is 0. The second kappa shape index (κ2) is 4.42. The number of H-pyrrole nitrogens is 1. The van der Waals surface area contributed by atoms with Gasteiger partial charge in [-0.25, -0.2) is 0 Å².